The molecule has 1 N–H and O–H groups in total. The summed E-state index contributed by atoms with van der Waals surface area (Å²) in [7, 11) is 0.766. The standard InChI is InChI=1S/2C13H13S.C13H12.C12H10I.C6H15OS.C2H6S.8C2H6.CH4/c2*1-14(12-8-4-2-5-9-12)13-10-6-3-7-11-13;1-3-7-12(8-4-1)11-13-9-5-2-6-10-13;1-3-7-11(8-4-1)13-12-9-5-2-6-10-12;1-5(7)6(2)8(3)4;1-3-2;8*1-2;/h2*2-11H,1H3;1-10H,11H2;1-10H;5-7H,1-4H3;1-2H3;8*1-2H3;1H4/q2*+1;;2*+1;;;;;;;;;;/p+1. The van der Waals surface area contributed by atoms with E-state index in [-0.39, 0.29) is 56.5 Å². The summed E-state index contributed by atoms with van der Waals surface area (Å²) in [6.45, 7) is 35.9. The van der Waals surface area contributed by atoms with Crippen molar-refractivity contribution in [2.45, 2.75) is 169 Å². The fourth-order valence-corrected chi connectivity index (χ4v) is 11.5. The first-order valence-electron chi connectivity index (χ1n) is 29.7. The lowest BCUT2D eigenvalue weighted by atomic mass is 10.1. The summed E-state index contributed by atoms with van der Waals surface area (Å²) in [4.78, 5) is 5.61. The summed E-state index contributed by atoms with van der Waals surface area (Å²) < 4.78 is 2.96. The predicted octanol–water partition coefficient (Wildman–Crippen LogP) is 19.3. The highest BCUT2D eigenvalue weighted by molar-refractivity contribution is 7.96. The smallest absolute Gasteiger partial charge is 0.357 e. The molecule has 6 heteroatoms. The van der Waals surface area contributed by atoms with Gasteiger partial charge in [-0.05, 0) is 127 Å². The average molecular weight is 1310 g/mol. The van der Waals surface area contributed by atoms with E-state index in [1.807, 2.05) is 118 Å². The van der Waals surface area contributed by atoms with E-state index in [0.29, 0.717) is 16.1 Å². The minimum atomic E-state index is -0.145. The van der Waals surface area contributed by atoms with E-state index in [0.717, 1.165) is 6.42 Å². The van der Waals surface area contributed by atoms with Crippen LogP contribution in [0.25, 0.3) is 0 Å². The molecule has 0 bridgehead atoms. The molecule has 2 unspecified atom stereocenters. The largest absolute Gasteiger partial charge is 0.388 e. The van der Waals surface area contributed by atoms with Gasteiger partial charge in [0.15, 0.2) is 26.7 Å². The third kappa shape index (κ3) is 50.4. The van der Waals surface area contributed by atoms with Gasteiger partial charge in [0.05, 0.1) is 52.9 Å². The second-order valence-corrected chi connectivity index (χ2v) is 25.2. The second kappa shape index (κ2) is 73.0. The van der Waals surface area contributed by atoms with Gasteiger partial charge in [-0.1, -0.05) is 288 Å². The fraction of sp³-hybridized carbons (Fsp3) is 0.368. The molecule has 8 aromatic rings. The van der Waals surface area contributed by atoms with Gasteiger partial charge in [-0.25, -0.2) is 0 Å². The topological polar surface area (TPSA) is 20.2 Å². The van der Waals surface area contributed by atoms with Crippen molar-refractivity contribution in [2.24, 2.45) is 0 Å². The van der Waals surface area contributed by atoms with Crippen LogP contribution in [0.2, 0.25) is 0 Å². The zero-order chi connectivity index (χ0) is 62.9. The zero-order valence-electron chi connectivity index (χ0n) is 55.5. The number of aliphatic hydroxyl groups is 1. The van der Waals surface area contributed by atoms with Crippen LogP contribution in [0, 0.1) is 7.14 Å². The van der Waals surface area contributed by atoms with Crippen molar-refractivity contribution in [3.63, 3.8) is 0 Å². The normalized spacial score (nSPS) is 9.32. The van der Waals surface area contributed by atoms with Gasteiger partial charge in [0, 0.05) is 0 Å². The quantitative estimate of drug-likeness (QED) is 0.0822. The summed E-state index contributed by atoms with van der Waals surface area (Å²) >= 11 is 1.45. The van der Waals surface area contributed by atoms with E-state index in [1.165, 1.54) is 49.6 Å². The zero-order valence-corrected chi connectivity index (χ0v) is 61.0. The molecule has 0 aliphatic heterocycles. The SMILES string of the molecule is C.CC.CC.CC.CC.CC.CC.CC.CC.CC(O)C(C)[S+](C)C.C[S+](c1ccccc1)c1ccccc1.C[S+](c1ccccc1)c1ccccc1.C[SH+]C.c1ccc(Cc2ccccc2)cc1.c1ccc([I+]c2ccccc2)cc1. The van der Waals surface area contributed by atoms with Crippen LogP contribution in [0.15, 0.2) is 262 Å². The Morgan fingerprint density at radius 1 is 0.329 bits per heavy atom. The molecule has 82 heavy (non-hydrogen) atoms. The summed E-state index contributed by atoms with van der Waals surface area (Å²) in [6.07, 6.45) is 13.9. The molecule has 0 aromatic heterocycles. The highest BCUT2D eigenvalue weighted by atomic mass is 127. The number of halogens is 1. The van der Waals surface area contributed by atoms with Crippen molar-refractivity contribution >= 4 is 44.4 Å². The minimum absolute atomic E-state index is 0. The molecule has 0 amide bonds. The summed E-state index contributed by atoms with van der Waals surface area (Å²) in [5.74, 6) is 0. The molecule has 0 aliphatic carbocycles. The molecule has 1 nitrogen and oxygen atoms in total. The number of aliphatic hydroxyl groups excluding tert-OH is 1. The Hall–Kier alpha value is -4.15. The lowest BCUT2D eigenvalue weighted by molar-refractivity contribution is -0.597. The van der Waals surface area contributed by atoms with E-state index in [9.17, 15) is 0 Å². The third-order valence-corrected chi connectivity index (χ3v) is 18.1. The van der Waals surface area contributed by atoms with Crippen molar-refractivity contribution in [3.05, 3.63) is 261 Å². The van der Waals surface area contributed by atoms with Crippen LogP contribution in [0.1, 0.15) is 143 Å². The van der Waals surface area contributed by atoms with Gasteiger partial charge < -0.3 is 5.11 Å². The van der Waals surface area contributed by atoms with Gasteiger partial charge in [-0.15, -0.1) is 0 Å². The van der Waals surface area contributed by atoms with E-state index in [1.54, 1.807) is 0 Å². The van der Waals surface area contributed by atoms with Gasteiger partial charge in [-0.2, -0.15) is 0 Å². The molecule has 0 saturated carbocycles. The van der Waals surface area contributed by atoms with Crippen molar-refractivity contribution in [1.29, 1.82) is 0 Å². The molecule has 8 aromatic carbocycles. The summed E-state index contributed by atoms with van der Waals surface area (Å²) in [6, 6.07) is 85.0. The molecular formula is C76H122IOS4+5. The van der Waals surface area contributed by atoms with Crippen LogP contribution in [-0.4, -0.2) is 54.0 Å². The van der Waals surface area contributed by atoms with E-state index < -0.39 is 0 Å². The van der Waals surface area contributed by atoms with Crippen LogP contribution in [0.3, 0.4) is 0 Å². The molecule has 0 aliphatic rings. The molecule has 0 heterocycles. The highest BCUT2D eigenvalue weighted by Crippen LogP contribution is 2.21. The van der Waals surface area contributed by atoms with E-state index >= 15 is 0 Å². The molecule has 458 valence electrons. The maximum absolute atomic E-state index is 9.00. The monoisotopic (exact) mass is 1310 g/mol. The number of thiol groups is 1. The molecular weight excluding hydrogens is 1180 g/mol. The number of benzene rings is 8. The van der Waals surface area contributed by atoms with Gasteiger partial charge in [-0.3, -0.25) is 0 Å². The predicted molar refractivity (Wildman–Crippen MR) is 390 cm³/mol. The van der Waals surface area contributed by atoms with Crippen LogP contribution in [-0.2, 0) is 50.9 Å². The van der Waals surface area contributed by atoms with Crippen molar-refractivity contribution in [3.8, 4) is 0 Å². The Balaban J connectivity index is -0.000000160. The fourth-order valence-electron chi connectivity index (χ4n) is 5.67. The Kier molecular flexibility index (Phi) is 81.5. The Bertz CT molecular complexity index is 1970. The molecule has 2 atom stereocenters. The van der Waals surface area contributed by atoms with Crippen molar-refractivity contribution < 1.29 is 26.3 Å². The number of rotatable bonds is 10. The number of hydrogen-bond acceptors (Lipinski definition) is 1. The van der Waals surface area contributed by atoms with E-state index in [2.05, 4.69) is 287 Å². The Morgan fingerprint density at radius 2 is 0.500 bits per heavy atom. The molecule has 8 rings (SSSR count). The average Bonchev–Trinajstić information content (AvgIpc) is 3.58. The third-order valence-electron chi connectivity index (χ3n) is 9.59. The summed E-state index contributed by atoms with van der Waals surface area (Å²) in [5, 5.41) is 9.45. The van der Waals surface area contributed by atoms with E-state index in [4.69, 9.17) is 5.11 Å². The van der Waals surface area contributed by atoms with Crippen LogP contribution >= 0.6 is 0 Å². The molecule has 0 radical (unpaired) electrons. The molecule has 0 saturated heterocycles. The first-order valence-corrected chi connectivity index (χ1v) is 39.0. The van der Waals surface area contributed by atoms with Crippen LogP contribution in [0.4, 0.5) is 0 Å². The molecule has 0 spiro atoms. The van der Waals surface area contributed by atoms with Crippen LogP contribution in [0.5, 0.6) is 0 Å². The maximum atomic E-state index is 9.00. The number of hydrogen-bond donors (Lipinski definition) is 1. The van der Waals surface area contributed by atoms with Gasteiger partial charge >= 0.3 is 21.2 Å². The summed E-state index contributed by atoms with van der Waals surface area (Å²) in [5.41, 5.74) is 2.74. The van der Waals surface area contributed by atoms with Gasteiger partial charge in [0.2, 0.25) is 0 Å². The minimum Gasteiger partial charge on any atom is -0.388 e. The first kappa shape index (κ1) is 91.6. The van der Waals surface area contributed by atoms with Gasteiger partial charge in [0.25, 0.3) is 0 Å². The highest BCUT2D eigenvalue weighted by Gasteiger charge is 2.20. The lowest BCUT2D eigenvalue weighted by Gasteiger charge is -2.09. The molecule has 0 fully saturated rings. The van der Waals surface area contributed by atoms with Crippen molar-refractivity contribution in [1.82, 2.24) is 0 Å². The van der Waals surface area contributed by atoms with Crippen molar-refractivity contribution in [2.75, 3.05) is 37.5 Å². The maximum Gasteiger partial charge on any atom is 0.357 e. The lowest BCUT2D eigenvalue weighted by Crippen LogP contribution is -3.61. The second-order valence-electron chi connectivity index (χ2n) is 14.9. The Morgan fingerprint density at radius 3 is 0.659 bits per heavy atom. The van der Waals surface area contributed by atoms with Crippen LogP contribution < -0.4 is 21.2 Å². The Labute approximate surface area is 534 Å². The van der Waals surface area contributed by atoms with Gasteiger partial charge in [0.1, 0.15) is 17.8 Å². The first-order chi connectivity index (χ1) is 39.6.